The molecule has 8 nitrogen and oxygen atoms in total. The SMILES string of the molecule is CO[C@H]1O[C@H](CSCCC(C)(C)NC(=O)O)[C@@H](O)[C@H](O)[C@H]1O. The average Bonchev–Trinajstić information content (AvgIpc) is 2.41. The summed E-state index contributed by atoms with van der Waals surface area (Å²) in [7, 11) is 1.35. The van der Waals surface area contributed by atoms with Crippen LogP contribution >= 0.6 is 11.8 Å². The molecule has 5 N–H and O–H groups in total. The van der Waals surface area contributed by atoms with E-state index < -0.39 is 42.3 Å². The van der Waals surface area contributed by atoms with Crippen molar-refractivity contribution < 1.29 is 34.7 Å². The Balaban J connectivity index is 2.39. The van der Waals surface area contributed by atoms with Gasteiger partial charge in [-0.15, -0.1) is 0 Å². The lowest BCUT2D eigenvalue weighted by Gasteiger charge is -2.39. The first kappa shape index (κ1) is 19.5. The van der Waals surface area contributed by atoms with Crippen molar-refractivity contribution in [2.75, 3.05) is 18.6 Å². The molecule has 130 valence electrons. The minimum Gasteiger partial charge on any atom is -0.465 e. The number of rotatable bonds is 7. The molecule has 1 heterocycles. The summed E-state index contributed by atoms with van der Waals surface area (Å²) in [6, 6.07) is 0. The second-order valence-electron chi connectivity index (χ2n) is 5.89. The van der Waals surface area contributed by atoms with Gasteiger partial charge in [-0.3, -0.25) is 0 Å². The Morgan fingerprint density at radius 2 is 1.91 bits per heavy atom. The highest BCUT2D eigenvalue weighted by Gasteiger charge is 2.43. The molecule has 1 rings (SSSR count). The highest BCUT2D eigenvalue weighted by molar-refractivity contribution is 7.99. The molecule has 1 aliphatic rings. The Bertz CT molecular complexity index is 366. The maximum Gasteiger partial charge on any atom is 0.405 e. The van der Waals surface area contributed by atoms with E-state index in [1.807, 2.05) is 0 Å². The van der Waals surface area contributed by atoms with Crippen LogP contribution in [-0.2, 0) is 9.47 Å². The van der Waals surface area contributed by atoms with E-state index in [2.05, 4.69) is 5.32 Å². The lowest BCUT2D eigenvalue weighted by molar-refractivity contribution is -0.284. The number of aliphatic hydroxyl groups is 3. The van der Waals surface area contributed by atoms with Crippen LogP contribution in [0.1, 0.15) is 20.3 Å². The first-order valence-corrected chi connectivity index (χ1v) is 8.14. The van der Waals surface area contributed by atoms with E-state index in [9.17, 15) is 20.1 Å². The summed E-state index contributed by atoms with van der Waals surface area (Å²) in [6.07, 6.45) is -5.92. The van der Waals surface area contributed by atoms with Crippen molar-refractivity contribution in [1.82, 2.24) is 5.32 Å². The first-order chi connectivity index (χ1) is 10.2. The number of carboxylic acid groups (broad SMARTS) is 1. The third kappa shape index (κ3) is 5.56. The molecule has 0 spiro atoms. The number of hydrogen-bond donors (Lipinski definition) is 5. The molecule has 0 unspecified atom stereocenters. The van der Waals surface area contributed by atoms with Crippen LogP contribution in [-0.4, -0.2) is 81.4 Å². The van der Waals surface area contributed by atoms with Gasteiger partial charge in [0.1, 0.15) is 18.3 Å². The fraction of sp³-hybridized carbons (Fsp3) is 0.923. The van der Waals surface area contributed by atoms with Crippen molar-refractivity contribution in [3.05, 3.63) is 0 Å². The summed E-state index contributed by atoms with van der Waals surface area (Å²) in [6.45, 7) is 3.57. The third-order valence-electron chi connectivity index (χ3n) is 3.50. The van der Waals surface area contributed by atoms with Gasteiger partial charge in [0.15, 0.2) is 6.29 Å². The van der Waals surface area contributed by atoms with Gasteiger partial charge >= 0.3 is 6.09 Å². The molecule has 0 aromatic rings. The van der Waals surface area contributed by atoms with Crippen LogP contribution in [0.5, 0.6) is 0 Å². The zero-order chi connectivity index (χ0) is 16.9. The van der Waals surface area contributed by atoms with E-state index in [1.54, 1.807) is 13.8 Å². The summed E-state index contributed by atoms with van der Waals surface area (Å²) in [5.74, 6) is 1.05. The summed E-state index contributed by atoms with van der Waals surface area (Å²) < 4.78 is 10.3. The molecule has 1 aliphatic heterocycles. The number of thioether (sulfide) groups is 1. The molecule has 0 aliphatic carbocycles. The quantitative estimate of drug-likeness (QED) is 0.397. The second-order valence-corrected chi connectivity index (χ2v) is 7.04. The van der Waals surface area contributed by atoms with Gasteiger partial charge in [-0.1, -0.05) is 0 Å². The Morgan fingerprint density at radius 3 is 2.45 bits per heavy atom. The summed E-state index contributed by atoms with van der Waals surface area (Å²) in [4.78, 5) is 10.6. The van der Waals surface area contributed by atoms with Crippen molar-refractivity contribution in [3.63, 3.8) is 0 Å². The second kappa shape index (κ2) is 8.32. The molecule has 0 radical (unpaired) electrons. The molecule has 0 saturated carbocycles. The highest BCUT2D eigenvalue weighted by atomic mass is 32.2. The third-order valence-corrected chi connectivity index (χ3v) is 4.56. The lowest BCUT2D eigenvalue weighted by Crippen LogP contribution is -2.58. The van der Waals surface area contributed by atoms with Gasteiger partial charge < -0.3 is 35.2 Å². The standard InChI is InChI=1S/C13H25NO7S/c1-13(2,14-12(18)19)4-5-22-6-7-8(15)9(16)10(17)11(20-3)21-7/h7-11,14-17H,4-6H2,1-3H3,(H,18,19)/t7-,8-,9+,10-,11+/m1/s1. The van der Waals surface area contributed by atoms with Gasteiger partial charge in [0.05, 0.1) is 6.10 Å². The number of methoxy groups -OCH3 is 1. The van der Waals surface area contributed by atoms with Crippen molar-refractivity contribution in [1.29, 1.82) is 0 Å². The molecule has 0 aromatic heterocycles. The molecule has 5 atom stereocenters. The maximum absolute atomic E-state index is 10.6. The van der Waals surface area contributed by atoms with E-state index in [0.29, 0.717) is 17.9 Å². The van der Waals surface area contributed by atoms with Crippen LogP contribution in [0.2, 0.25) is 0 Å². The zero-order valence-electron chi connectivity index (χ0n) is 12.9. The van der Waals surface area contributed by atoms with Gasteiger partial charge in [-0.25, -0.2) is 4.79 Å². The predicted octanol–water partition coefficient (Wildman–Crippen LogP) is -0.390. The molecule has 0 bridgehead atoms. The van der Waals surface area contributed by atoms with Gasteiger partial charge in [-0.2, -0.15) is 11.8 Å². The number of aliphatic hydroxyl groups excluding tert-OH is 3. The summed E-state index contributed by atoms with van der Waals surface area (Å²) >= 11 is 1.47. The van der Waals surface area contributed by atoms with Crippen molar-refractivity contribution >= 4 is 17.9 Å². The molecule has 22 heavy (non-hydrogen) atoms. The Morgan fingerprint density at radius 1 is 1.27 bits per heavy atom. The Hall–Kier alpha value is -0.580. The summed E-state index contributed by atoms with van der Waals surface area (Å²) in [5.41, 5.74) is -0.546. The van der Waals surface area contributed by atoms with E-state index in [0.717, 1.165) is 0 Å². The molecule has 0 aromatic carbocycles. The molecular weight excluding hydrogens is 314 g/mol. The Kier molecular flexibility index (Phi) is 7.36. The average molecular weight is 339 g/mol. The van der Waals surface area contributed by atoms with Crippen molar-refractivity contribution in [2.24, 2.45) is 0 Å². The van der Waals surface area contributed by atoms with Crippen LogP contribution in [0.25, 0.3) is 0 Å². The summed E-state index contributed by atoms with van der Waals surface area (Å²) in [5, 5.41) is 40.5. The fourth-order valence-corrected chi connectivity index (χ4v) is 3.46. The predicted molar refractivity (Wildman–Crippen MR) is 80.9 cm³/mol. The van der Waals surface area contributed by atoms with Crippen molar-refractivity contribution in [2.45, 2.75) is 56.5 Å². The first-order valence-electron chi connectivity index (χ1n) is 6.99. The lowest BCUT2D eigenvalue weighted by atomic mass is 10.00. The van der Waals surface area contributed by atoms with E-state index in [-0.39, 0.29) is 0 Å². The van der Waals surface area contributed by atoms with Gasteiger partial charge in [0, 0.05) is 18.4 Å². The number of carbonyl (C=O) groups is 1. The maximum atomic E-state index is 10.6. The molecule has 1 fully saturated rings. The van der Waals surface area contributed by atoms with E-state index >= 15 is 0 Å². The fourth-order valence-electron chi connectivity index (χ4n) is 2.13. The van der Waals surface area contributed by atoms with Gasteiger partial charge in [-0.05, 0) is 26.0 Å². The largest absolute Gasteiger partial charge is 0.465 e. The minimum absolute atomic E-state index is 0.397. The van der Waals surface area contributed by atoms with Crippen LogP contribution in [0.15, 0.2) is 0 Å². The van der Waals surface area contributed by atoms with Gasteiger partial charge in [0.25, 0.3) is 0 Å². The normalized spacial score (nSPS) is 32.7. The molecule has 1 amide bonds. The molecule has 1 saturated heterocycles. The highest BCUT2D eigenvalue weighted by Crippen LogP contribution is 2.25. The smallest absolute Gasteiger partial charge is 0.405 e. The number of amides is 1. The van der Waals surface area contributed by atoms with E-state index in [1.165, 1.54) is 18.9 Å². The molecular formula is C13H25NO7S. The van der Waals surface area contributed by atoms with Crippen LogP contribution in [0.4, 0.5) is 4.79 Å². The van der Waals surface area contributed by atoms with Crippen molar-refractivity contribution in [3.8, 4) is 0 Å². The van der Waals surface area contributed by atoms with E-state index in [4.69, 9.17) is 14.6 Å². The number of nitrogens with one attached hydrogen (secondary N) is 1. The number of hydrogen-bond acceptors (Lipinski definition) is 7. The van der Waals surface area contributed by atoms with Crippen LogP contribution < -0.4 is 5.32 Å². The monoisotopic (exact) mass is 339 g/mol. The van der Waals surface area contributed by atoms with Crippen LogP contribution in [0.3, 0.4) is 0 Å². The molecule has 9 heteroatoms. The number of ether oxygens (including phenoxy) is 2. The topological polar surface area (TPSA) is 128 Å². The van der Waals surface area contributed by atoms with Crippen LogP contribution in [0, 0.1) is 0 Å². The Labute approximate surface area is 133 Å². The minimum atomic E-state index is -1.32. The zero-order valence-corrected chi connectivity index (χ0v) is 13.7. The van der Waals surface area contributed by atoms with Gasteiger partial charge in [0.2, 0.25) is 0 Å².